The van der Waals surface area contributed by atoms with Crippen LogP contribution in [-0.4, -0.2) is 22.6 Å². The van der Waals surface area contributed by atoms with E-state index < -0.39 is 5.91 Å². The molecule has 7 heteroatoms. The van der Waals surface area contributed by atoms with E-state index in [2.05, 4.69) is 20.8 Å². The van der Waals surface area contributed by atoms with Gasteiger partial charge in [-0.2, -0.15) is 4.98 Å². The Morgan fingerprint density at radius 2 is 2.43 bits per heavy atom. The first-order valence-electron chi connectivity index (χ1n) is 6.82. The minimum atomic E-state index is -0.438. The molecule has 1 fully saturated rings. The third-order valence-corrected chi connectivity index (χ3v) is 3.35. The van der Waals surface area contributed by atoms with Gasteiger partial charge in [-0.25, -0.2) is 4.39 Å². The van der Waals surface area contributed by atoms with Gasteiger partial charge in [0, 0.05) is 6.54 Å². The zero-order valence-electron chi connectivity index (χ0n) is 11.3. The Bertz CT molecular complexity index is 637. The Morgan fingerprint density at radius 3 is 3.19 bits per heavy atom. The molecule has 2 N–H and O–H groups in total. The molecule has 0 aliphatic carbocycles. The average Bonchev–Trinajstić information content (AvgIpc) is 3.15. The molecular formula is C14H15FN4O2. The van der Waals surface area contributed by atoms with Crippen LogP contribution in [-0.2, 0) is 6.54 Å². The molecule has 3 rings (SSSR count). The predicted octanol–water partition coefficient (Wildman–Crippen LogP) is 1.56. The number of carbonyl (C=O) groups excluding carboxylic acids is 1. The minimum absolute atomic E-state index is 0.00453. The molecular weight excluding hydrogens is 275 g/mol. The number of hydrogen-bond donors (Lipinski definition) is 2. The number of hydrogen-bond acceptors (Lipinski definition) is 5. The van der Waals surface area contributed by atoms with Gasteiger partial charge in [0.2, 0.25) is 5.89 Å². The monoisotopic (exact) mass is 290 g/mol. The van der Waals surface area contributed by atoms with Crippen molar-refractivity contribution in [3.63, 3.8) is 0 Å². The van der Waals surface area contributed by atoms with Crippen LogP contribution in [0.2, 0.25) is 0 Å². The quantitative estimate of drug-likeness (QED) is 0.893. The number of aromatic nitrogens is 2. The van der Waals surface area contributed by atoms with Crippen LogP contribution in [0.3, 0.4) is 0 Å². The highest BCUT2D eigenvalue weighted by Crippen LogP contribution is 2.20. The summed E-state index contributed by atoms with van der Waals surface area (Å²) < 4.78 is 18.1. The summed E-state index contributed by atoms with van der Waals surface area (Å²) in [6, 6.07) is 6.07. The molecule has 1 amide bonds. The summed E-state index contributed by atoms with van der Waals surface area (Å²) >= 11 is 0. The minimum Gasteiger partial charge on any atom is -0.345 e. The molecule has 1 aromatic carbocycles. The van der Waals surface area contributed by atoms with E-state index in [0.29, 0.717) is 11.5 Å². The van der Waals surface area contributed by atoms with Crippen molar-refractivity contribution in [3.05, 3.63) is 47.4 Å². The van der Waals surface area contributed by atoms with Crippen molar-refractivity contribution < 1.29 is 13.7 Å². The Kier molecular flexibility index (Phi) is 3.92. The summed E-state index contributed by atoms with van der Waals surface area (Å²) in [6.07, 6.45) is 1.97. The van der Waals surface area contributed by atoms with E-state index in [1.54, 1.807) is 12.1 Å². The van der Waals surface area contributed by atoms with Crippen molar-refractivity contribution in [2.24, 2.45) is 0 Å². The Hall–Kier alpha value is -2.28. The van der Waals surface area contributed by atoms with Gasteiger partial charge in [0.05, 0.1) is 6.04 Å². The van der Waals surface area contributed by atoms with Crippen molar-refractivity contribution in [3.8, 4) is 0 Å². The maximum absolute atomic E-state index is 13.0. The average molecular weight is 290 g/mol. The lowest BCUT2D eigenvalue weighted by molar-refractivity contribution is 0.0937. The lowest BCUT2D eigenvalue weighted by atomic mass is 10.2. The summed E-state index contributed by atoms with van der Waals surface area (Å²) in [6.45, 7) is 1.12. The lowest BCUT2D eigenvalue weighted by Gasteiger charge is -2.03. The molecule has 6 nitrogen and oxygen atoms in total. The smallest absolute Gasteiger partial charge is 0.292 e. The van der Waals surface area contributed by atoms with Crippen molar-refractivity contribution in [1.82, 2.24) is 20.8 Å². The summed E-state index contributed by atoms with van der Waals surface area (Å²) in [7, 11) is 0. The molecule has 110 valence electrons. The predicted molar refractivity (Wildman–Crippen MR) is 71.8 cm³/mol. The molecule has 0 radical (unpaired) electrons. The first-order chi connectivity index (χ1) is 10.2. The maximum Gasteiger partial charge on any atom is 0.292 e. The maximum atomic E-state index is 13.0. The van der Waals surface area contributed by atoms with Gasteiger partial charge in [-0.3, -0.25) is 4.79 Å². The van der Waals surface area contributed by atoms with Gasteiger partial charge in [-0.15, -0.1) is 0 Å². The molecule has 2 aromatic rings. The molecule has 2 heterocycles. The summed E-state index contributed by atoms with van der Waals surface area (Å²) in [4.78, 5) is 16.0. The molecule has 0 spiro atoms. The summed E-state index contributed by atoms with van der Waals surface area (Å²) in [5, 5.41) is 9.53. The number of halogens is 1. The number of amides is 1. The van der Waals surface area contributed by atoms with Crippen molar-refractivity contribution >= 4 is 5.91 Å². The second kappa shape index (κ2) is 6.01. The fourth-order valence-corrected chi connectivity index (χ4v) is 2.27. The Balaban J connectivity index is 1.60. The molecule has 0 saturated carbocycles. The fraction of sp³-hybridized carbons (Fsp3) is 0.357. The molecule has 1 aliphatic rings. The van der Waals surface area contributed by atoms with Crippen molar-refractivity contribution in [1.29, 1.82) is 0 Å². The van der Waals surface area contributed by atoms with E-state index in [9.17, 15) is 9.18 Å². The van der Waals surface area contributed by atoms with Gasteiger partial charge in [-0.05, 0) is 37.1 Å². The highest BCUT2D eigenvalue weighted by molar-refractivity contribution is 5.90. The molecule has 1 aromatic heterocycles. The van der Waals surface area contributed by atoms with Crippen LogP contribution in [0.5, 0.6) is 0 Å². The number of nitrogens with zero attached hydrogens (tertiary/aromatic N) is 2. The van der Waals surface area contributed by atoms with Crippen LogP contribution in [0.15, 0.2) is 28.8 Å². The second-order valence-electron chi connectivity index (χ2n) is 4.92. The fourth-order valence-electron chi connectivity index (χ4n) is 2.27. The van der Waals surface area contributed by atoms with E-state index in [1.807, 2.05) is 0 Å². The van der Waals surface area contributed by atoms with Crippen LogP contribution < -0.4 is 10.6 Å². The van der Waals surface area contributed by atoms with Gasteiger partial charge < -0.3 is 15.2 Å². The third kappa shape index (κ3) is 3.25. The standard InChI is InChI=1S/C14H15FN4O2/c15-10-4-1-3-9(7-10)8-17-13(20)12-18-14(21-19-12)11-5-2-6-16-11/h1,3-4,7,11,16H,2,5-6,8H2,(H,17,20). The number of nitrogens with one attached hydrogen (secondary N) is 2. The number of rotatable bonds is 4. The lowest BCUT2D eigenvalue weighted by Crippen LogP contribution is -2.24. The molecule has 1 saturated heterocycles. The van der Waals surface area contributed by atoms with Gasteiger partial charge in [0.15, 0.2) is 0 Å². The zero-order chi connectivity index (χ0) is 14.7. The zero-order valence-corrected chi connectivity index (χ0v) is 11.3. The number of carbonyl (C=O) groups is 1. The van der Waals surface area contributed by atoms with E-state index in [-0.39, 0.29) is 24.2 Å². The highest BCUT2D eigenvalue weighted by Gasteiger charge is 2.24. The third-order valence-electron chi connectivity index (χ3n) is 3.35. The van der Waals surface area contributed by atoms with Crippen LogP contribution in [0.25, 0.3) is 0 Å². The Labute approximate surface area is 120 Å². The molecule has 21 heavy (non-hydrogen) atoms. The topological polar surface area (TPSA) is 80.0 Å². The van der Waals surface area contributed by atoms with Crippen molar-refractivity contribution in [2.75, 3.05) is 6.54 Å². The Morgan fingerprint density at radius 1 is 1.52 bits per heavy atom. The highest BCUT2D eigenvalue weighted by atomic mass is 19.1. The van der Waals surface area contributed by atoms with E-state index in [1.165, 1.54) is 12.1 Å². The summed E-state index contributed by atoms with van der Waals surface area (Å²) in [5.74, 6) is -0.346. The van der Waals surface area contributed by atoms with Crippen LogP contribution >= 0.6 is 0 Å². The normalized spacial score (nSPS) is 17.9. The van der Waals surface area contributed by atoms with Crippen LogP contribution in [0.1, 0.15) is 41.0 Å². The van der Waals surface area contributed by atoms with Gasteiger partial charge in [0.1, 0.15) is 5.82 Å². The van der Waals surface area contributed by atoms with E-state index >= 15 is 0 Å². The first kappa shape index (κ1) is 13.7. The molecule has 1 aliphatic heterocycles. The summed E-state index contributed by atoms with van der Waals surface area (Å²) in [5.41, 5.74) is 0.671. The van der Waals surface area contributed by atoms with E-state index in [0.717, 1.165) is 19.4 Å². The van der Waals surface area contributed by atoms with Crippen LogP contribution in [0.4, 0.5) is 4.39 Å². The molecule has 0 bridgehead atoms. The van der Waals surface area contributed by atoms with Crippen LogP contribution in [0, 0.1) is 5.82 Å². The second-order valence-corrected chi connectivity index (χ2v) is 4.92. The van der Waals surface area contributed by atoms with Gasteiger partial charge in [-0.1, -0.05) is 17.3 Å². The van der Waals surface area contributed by atoms with Gasteiger partial charge >= 0.3 is 0 Å². The SMILES string of the molecule is O=C(NCc1cccc(F)c1)c1noc(C2CCCN2)n1. The number of benzene rings is 1. The van der Waals surface area contributed by atoms with E-state index in [4.69, 9.17) is 4.52 Å². The molecule has 1 unspecified atom stereocenters. The van der Waals surface area contributed by atoms with Crippen molar-refractivity contribution in [2.45, 2.75) is 25.4 Å². The molecule has 1 atom stereocenters. The van der Waals surface area contributed by atoms with Gasteiger partial charge in [0.25, 0.3) is 11.7 Å². The first-order valence-corrected chi connectivity index (χ1v) is 6.82. The largest absolute Gasteiger partial charge is 0.345 e.